The second-order valence-electron chi connectivity index (χ2n) is 4.68. The number of likely N-dealkylation sites (tertiary alicyclic amines) is 1. The van der Waals surface area contributed by atoms with Gasteiger partial charge in [-0.25, -0.2) is 13.6 Å². The van der Waals surface area contributed by atoms with Crippen LogP contribution in [0.15, 0.2) is 18.2 Å². The number of urea groups is 1. The second kappa shape index (κ2) is 5.85. The molecule has 0 saturated carbocycles. The SMILES string of the molecule is O=C(O)C1CCN(C(=O)NCc2ccc(F)c(F)c2)C1. The van der Waals surface area contributed by atoms with Crippen LogP contribution in [0, 0.1) is 17.6 Å². The van der Waals surface area contributed by atoms with E-state index in [1.54, 1.807) is 0 Å². The maximum Gasteiger partial charge on any atom is 0.317 e. The van der Waals surface area contributed by atoms with Gasteiger partial charge in [0.25, 0.3) is 0 Å². The first-order valence-corrected chi connectivity index (χ1v) is 6.17. The Morgan fingerprint density at radius 3 is 2.70 bits per heavy atom. The molecule has 2 rings (SSSR count). The van der Waals surface area contributed by atoms with Crippen molar-refractivity contribution in [2.45, 2.75) is 13.0 Å². The van der Waals surface area contributed by atoms with E-state index in [4.69, 9.17) is 5.11 Å². The molecule has 7 heteroatoms. The summed E-state index contributed by atoms with van der Waals surface area (Å²) in [5.41, 5.74) is 0.436. The maximum absolute atomic E-state index is 13.0. The highest BCUT2D eigenvalue weighted by Crippen LogP contribution is 2.16. The van der Waals surface area contributed by atoms with Gasteiger partial charge < -0.3 is 15.3 Å². The Balaban J connectivity index is 1.86. The molecule has 2 amide bonds. The smallest absolute Gasteiger partial charge is 0.317 e. The minimum absolute atomic E-state index is 0.0598. The van der Waals surface area contributed by atoms with Gasteiger partial charge in [0, 0.05) is 19.6 Å². The van der Waals surface area contributed by atoms with Crippen LogP contribution in [0.1, 0.15) is 12.0 Å². The van der Waals surface area contributed by atoms with Crippen molar-refractivity contribution in [1.29, 1.82) is 0 Å². The molecule has 20 heavy (non-hydrogen) atoms. The lowest BCUT2D eigenvalue weighted by atomic mass is 10.1. The number of amides is 2. The van der Waals surface area contributed by atoms with Gasteiger partial charge in [0.2, 0.25) is 0 Å². The molecule has 0 radical (unpaired) electrons. The van der Waals surface area contributed by atoms with Crippen LogP contribution in [0.25, 0.3) is 0 Å². The van der Waals surface area contributed by atoms with E-state index in [1.165, 1.54) is 11.0 Å². The van der Waals surface area contributed by atoms with Crippen molar-refractivity contribution in [2.24, 2.45) is 5.92 Å². The van der Waals surface area contributed by atoms with Crippen molar-refractivity contribution in [3.05, 3.63) is 35.4 Å². The molecule has 0 bridgehead atoms. The number of nitrogens with zero attached hydrogens (tertiary/aromatic N) is 1. The Bertz CT molecular complexity index is 536. The summed E-state index contributed by atoms with van der Waals surface area (Å²) in [6.07, 6.45) is 0.425. The van der Waals surface area contributed by atoms with Crippen LogP contribution >= 0.6 is 0 Å². The fourth-order valence-electron chi connectivity index (χ4n) is 2.09. The van der Waals surface area contributed by atoms with E-state index in [0.29, 0.717) is 18.5 Å². The minimum atomic E-state index is -0.969. The summed E-state index contributed by atoms with van der Waals surface area (Å²) >= 11 is 0. The first kappa shape index (κ1) is 14.2. The van der Waals surface area contributed by atoms with Crippen molar-refractivity contribution >= 4 is 12.0 Å². The van der Waals surface area contributed by atoms with Crippen LogP contribution in [-0.4, -0.2) is 35.1 Å². The Labute approximate surface area is 114 Å². The van der Waals surface area contributed by atoms with Crippen molar-refractivity contribution in [1.82, 2.24) is 10.2 Å². The zero-order chi connectivity index (χ0) is 14.7. The fraction of sp³-hybridized carbons (Fsp3) is 0.385. The van der Waals surface area contributed by atoms with Gasteiger partial charge in [-0.2, -0.15) is 0 Å². The number of benzene rings is 1. The summed E-state index contributed by atoms with van der Waals surface area (Å²) in [4.78, 5) is 24.0. The maximum atomic E-state index is 13.0. The van der Waals surface area contributed by atoms with Gasteiger partial charge in [-0.3, -0.25) is 4.79 Å². The van der Waals surface area contributed by atoms with Crippen LogP contribution in [0.4, 0.5) is 13.6 Å². The molecular weight excluding hydrogens is 270 g/mol. The van der Waals surface area contributed by atoms with E-state index in [1.807, 2.05) is 0 Å². The molecule has 1 aliphatic heterocycles. The van der Waals surface area contributed by atoms with Crippen LogP contribution in [0.2, 0.25) is 0 Å². The molecule has 1 unspecified atom stereocenters. The summed E-state index contributed by atoms with van der Waals surface area (Å²) in [6.45, 7) is 0.601. The van der Waals surface area contributed by atoms with E-state index in [0.717, 1.165) is 12.1 Å². The highest BCUT2D eigenvalue weighted by Gasteiger charge is 2.30. The number of hydrogen-bond acceptors (Lipinski definition) is 2. The molecule has 108 valence electrons. The molecule has 0 spiro atoms. The molecule has 1 aromatic carbocycles. The number of aliphatic carboxylic acids is 1. The largest absolute Gasteiger partial charge is 0.481 e. The van der Waals surface area contributed by atoms with Crippen molar-refractivity contribution in [2.75, 3.05) is 13.1 Å². The number of carboxylic acid groups (broad SMARTS) is 1. The Hall–Kier alpha value is -2.18. The third kappa shape index (κ3) is 3.23. The first-order chi connectivity index (χ1) is 9.47. The number of carbonyl (C=O) groups is 2. The standard InChI is InChI=1S/C13H14F2N2O3/c14-10-2-1-8(5-11(10)15)6-16-13(20)17-4-3-9(7-17)12(18)19/h1-2,5,9H,3-4,6-7H2,(H,16,20)(H,18,19). The Morgan fingerprint density at radius 2 is 2.10 bits per heavy atom. The number of hydrogen-bond donors (Lipinski definition) is 2. The number of halogens is 2. The third-order valence-corrected chi connectivity index (χ3v) is 3.25. The Kier molecular flexibility index (Phi) is 4.16. The lowest BCUT2D eigenvalue weighted by molar-refractivity contribution is -0.141. The van der Waals surface area contributed by atoms with Gasteiger partial charge in [-0.05, 0) is 24.1 Å². The number of carbonyl (C=O) groups excluding carboxylic acids is 1. The average molecular weight is 284 g/mol. The molecule has 1 aromatic rings. The molecule has 5 nitrogen and oxygen atoms in total. The molecule has 1 fully saturated rings. The zero-order valence-electron chi connectivity index (χ0n) is 10.6. The first-order valence-electron chi connectivity index (χ1n) is 6.17. The predicted molar refractivity (Wildman–Crippen MR) is 65.9 cm³/mol. The van der Waals surface area contributed by atoms with Crippen molar-refractivity contribution in [3.63, 3.8) is 0 Å². The van der Waals surface area contributed by atoms with Crippen LogP contribution in [0.5, 0.6) is 0 Å². The van der Waals surface area contributed by atoms with Crippen molar-refractivity contribution in [3.8, 4) is 0 Å². The summed E-state index contributed by atoms with van der Waals surface area (Å²) in [5.74, 6) is -3.36. The fourth-order valence-corrected chi connectivity index (χ4v) is 2.09. The average Bonchev–Trinajstić information content (AvgIpc) is 2.89. The lowest BCUT2D eigenvalue weighted by Gasteiger charge is -2.16. The molecule has 1 aliphatic rings. The van der Waals surface area contributed by atoms with Gasteiger partial charge in [0.05, 0.1) is 5.92 Å². The molecule has 1 atom stereocenters. The molecule has 1 saturated heterocycles. The summed E-state index contributed by atoms with van der Waals surface area (Å²) in [5, 5.41) is 11.4. The topological polar surface area (TPSA) is 69.6 Å². The van der Waals surface area contributed by atoms with E-state index >= 15 is 0 Å². The monoisotopic (exact) mass is 284 g/mol. The van der Waals surface area contributed by atoms with E-state index < -0.39 is 29.6 Å². The highest BCUT2D eigenvalue weighted by atomic mass is 19.2. The van der Waals surface area contributed by atoms with Crippen molar-refractivity contribution < 1.29 is 23.5 Å². The summed E-state index contributed by atoms with van der Waals surface area (Å²) in [7, 11) is 0. The zero-order valence-corrected chi connectivity index (χ0v) is 10.6. The van der Waals surface area contributed by atoms with Gasteiger partial charge in [0.1, 0.15) is 0 Å². The quantitative estimate of drug-likeness (QED) is 0.885. The van der Waals surface area contributed by atoms with E-state index in [2.05, 4.69) is 5.32 Å². The lowest BCUT2D eigenvalue weighted by Crippen LogP contribution is -2.38. The van der Waals surface area contributed by atoms with Gasteiger partial charge >= 0.3 is 12.0 Å². The number of carboxylic acids is 1. The molecule has 2 N–H and O–H groups in total. The molecular formula is C13H14F2N2O3. The van der Waals surface area contributed by atoms with Gasteiger partial charge in [-0.15, -0.1) is 0 Å². The van der Waals surface area contributed by atoms with Crippen LogP contribution in [0.3, 0.4) is 0 Å². The van der Waals surface area contributed by atoms with Gasteiger partial charge in [0.15, 0.2) is 11.6 Å². The molecule has 1 heterocycles. The van der Waals surface area contributed by atoms with Crippen LogP contribution < -0.4 is 5.32 Å². The van der Waals surface area contributed by atoms with Gasteiger partial charge in [-0.1, -0.05) is 6.07 Å². The molecule has 0 aromatic heterocycles. The highest BCUT2D eigenvalue weighted by molar-refractivity contribution is 5.77. The van der Waals surface area contributed by atoms with E-state index in [-0.39, 0.29) is 13.1 Å². The second-order valence-corrected chi connectivity index (χ2v) is 4.68. The Morgan fingerprint density at radius 1 is 1.35 bits per heavy atom. The van der Waals surface area contributed by atoms with E-state index in [9.17, 15) is 18.4 Å². The summed E-state index contributed by atoms with van der Waals surface area (Å²) < 4.78 is 25.7. The van der Waals surface area contributed by atoms with Crippen LogP contribution in [-0.2, 0) is 11.3 Å². The number of nitrogens with one attached hydrogen (secondary N) is 1. The predicted octanol–water partition coefficient (Wildman–Crippen LogP) is 1.58. The summed E-state index contributed by atoms with van der Waals surface area (Å²) in [6, 6.07) is 2.98. The number of rotatable bonds is 3. The normalized spacial score (nSPS) is 18.1. The molecule has 0 aliphatic carbocycles. The minimum Gasteiger partial charge on any atom is -0.481 e. The third-order valence-electron chi connectivity index (χ3n) is 3.25.